The van der Waals surface area contributed by atoms with Crippen LogP contribution < -0.4 is 20.1 Å². The van der Waals surface area contributed by atoms with E-state index in [0.29, 0.717) is 22.2 Å². The molecule has 2 N–H and O–H groups in total. The van der Waals surface area contributed by atoms with Crippen LogP contribution in [-0.4, -0.2) is 26.0 Å². The standard InChI is InChI=1S/C19H21ClN2O4/c1-12-4-6-14(20)9-15(12)22-19(24)10-18(23)21-11-13-5-7-16(25-2)17(8-13)26-3/h4-9H,10-11H2,1-3H3,(H,21,23)(H,22,24). The summed E-state index contributed by atoms with van der Waals surface area (Å²) in [5.41, 5.74) is 2.30. The molecule has 2 amide bonds. The monoisotopic (exact) mass is 376 g/mol. The van der Waals surface area contributed by atoms with E-state index < -0.39 is 5.91 Å². The first-order valence-corrected chi connectivity index (χ1v) is 8.34. The van der Waals surface area contributed by atoms with E-state index in [4.69, 9.17) is 21.1 Å². The summed E-state index contributed by atoms with van der Waals surface area (Å²) in [5.74, 6) is 0.407. The van der Waals surface area contributed by atoms with Crippen molar-refractivity contribution in [2.75, 3.05) is 19.5 Å². The van der Waals surface area contributed by atoms with E-state index in [2.05, 4.69) is 10.6 Å². The molecule has 0 fully saturated rings. The molecule has 138 valence electrons. The van der Waals surface area contributed by atoms with Crippen LogP contribution in [-0.2, 0) is 16.1 Å². The second-order valence-corrected chi connectivity index (χ2v) is 6.09. The van der Waals surface area contributed by atoms with Crippen molar-refractivity contribution < 1.29 is 19.1 Å². The predicted molar refractivity (Wildman–Crippen MR) is 101 cm³/mol. The van der Waals surface area contributed by atoms with Crippen LogP contribution in [0.25, 0.3) is 0 Å². The molecule has 0 aliphatic rings. The highest BCUT2D eigenvalue weighted by molar-refractivity contribution is 6.31. The van der Waals surface area contributed by atoms with Gasteiger partial charge in [0.2, 0.25) is 11.8 Å². The Kier molecular flexibility index (Phi) is 6.86. The van der Waals surface area contributed by atoms with Gasteiger partial charge in [-0.3, -0.25) is 9.59 Å². The molecule has 26 heavy (non-hydrogen) atoms. The lowest BCUT2D eigenvalue weighted by Gasteiger charge is -2.11. The third kappa shape index (κ3) is 5.39. The van der Waals surface area contributed by atoms with Gasteiger partial charge in [0.1, 0.15) is 6.42 Å². The van der Waals surface area contributed by atoms with Crippen molar-refractivity contribution in [1.82, 2.24) is 5.32 Å². The molecule has 0 aliphatic carbocycles. The SMILES string of the molecule is COc1ccc(CNC(=O)CC(=O)Nc2cc(Cl)ccc2C)cc1OC. The molecular weight excluding hydrogens is 356 g/mol. The lowest BCUT2D eigenvalue weighted by molar-refractivity contribution is -0.126. The highest BCUT2D eigenvalue weighted by Crippen LogP contribution is 2.27. The van der Waals surface area contributed by atoms with Gasteiger partial charge in [-0.1, -0.05) is 23.7 Å². The molecular formula is C19H21ClN2O4. The molecule has 2 rings (SSSR count). The Labute approximate surface area is 157 Å². The first-order valence-electron chi connectivity index (χ1n) is 7.96. The molecule has 0 saturated carbocycles. The molecule has 2 aromatic rings. The maximum absolute atomic E-state index is 12.0. The lowest BCUT2D eigenvalue weighted by atomic mass is 10.2. The van der Waals surface area contributed by atoms with Crippen LogP contribution in [0, 0.1) is 6.92 Å². The number of aryl methyl sites for hydroxylation is 1. The highest BCUT2D eigenvalue weighted by Gasteiger charge is 2.12. The van der Waals surface area contributed by atoms with Crippen molar-refractivity contribution in [3.05, 3.63) is 52.5 Å². The van der Waals surface area contributed by atoms with Crippen LogP contribution in [0.5, 0.6) is 11.5 Å². The fourth-order valence-electron chi connectivity index (χ4n) is 2.32. The summed E-state index contributed by atoms with van der Waals surface area (Å²) in [5, 5.41) is 5.92. The molecule has 0 bridgehead atoms. The Morgan fingerprint density at radius 2 is 1.73 bits per heavy atom. The van der Waals surface area contributed by atoms with Crippen LogP contribution >= 0.6 is 11.6 Å². The van der Waals surface area contributed by atoms with Crippen LogP contribution in [0.3, 0.4) is 0 Å². The molecule has 2 aromatic carbocycles. The van der Waals surface area contributed by atoms with Gasteiger partial charge in [0.25, 0.3) is 0 Å². The van der Waals surface area contributed by atoms with Crippen molar-refractivity contribution in [3.8, 4) is 11.5 Å². The molecule has 0 radical (unpaired) electrons. The summed E-state index contributed by atoms with van der Waals surface area (Å²) in [6.45, 7) is 2.13. The van der Waals surface area contributed by atoms with Gasteiger partial charge >= 0.3 is 0 Å². The Balaban J connectivity index is 1.88. The zero-order chi connectivity index (χ0) is 19.1. The lowest BCUT2D eigenvalue weighted by Crippen LogP contribution is -2.27. The molecule has 6 nitrogen and oxygen atoms in total. The molecule has 0 saturated heterocycles. The van der Waals surface area contributed by atoms with Crippen molar-refractivity contribution in [2.24, 2.45) is 0 Å². The third-order valence-electron chi connectivity index (χ3n) is 3.73. The average Bonchev–Trinajstić information content (AvgIpc) is 2.62. The predicted octanol–water partition coefficient (Wildman–Crippen LogP) is 3.31. The topological polar surface area (TPSA) is 76.7 Å². The molecule has 0 aliphatic heterocycles. The van der Waals surface area contributed by atoms with Gasteiger partial charge in [-0.2, -0.15) is 0 Å². The fraction of sp³-hybridized carbons (Fsp3) is 0.263. The summed E-state index contributed by atoms with van der Waals surface area (Å²) in [6.07, 6.45) is -0.279. The first kappa shape index (κ1) is 19.6. The summed E-state index contributed by atoms with van der Waals surface area (Å²) < 4.78 is 10.4. The van der Waals surface area contributed by atoms with Gasteiger partial charge in [-0.25, -0.2) is 0 Å². The zero-order valence-electron chi connectivity index (χ0n) is 14.9. The summed E-state index contributed by atoms with van der Waals surface area (Å²) in [7, 11) is 3.10. The zero-order valence-corrected chi connectivity index (χ0v) is 15.6. The fourth-order valence-corrected chi connectivity index (χ4v) is 2.49. The summed E-state index contributed by atoms with van der Waals surface area (Å²) in [4.78, 5) is 24.0. The molecule has 0 spiro atoms. The number of halogens is 1. The first-order chi connectivity index (χ1) is 12.4. The van der Waals surface area contributed by atoms with Gasteiger partial charge in [0, 0.05) is 17.3 Å². The number of benzene rings is 2. The van der Waals surface area contributed by atoms with E-state index in [1.54, 1.807) is 44.6 Å². The van der Waals surface area contributed by atoms with Gasteiger partial charge in [0.15, 0.2) is 11.5 Å². The second-order valence-electron chi connectivity index (χ2n) is 5.65. The Morgan fingerprint density at radius 3 is 2.42 bits per heavy atom. The Hall–Kier alpha value is -2.73. The van der Waals surface area contributed by atoms with Crippen molar-refractivity contribution in [3.63, 3.8) is 0 Å². The molecule has 0 unspecified atom stereocenters. The number of hydrogen-bond donors (Lipinski definition) is 2. The number of carbonyl (C=O) groups is 2. The number of ether oxygens (including phenoxy) is 2. The summed E-state index contributed by atoms with van der Waals surface area (Å²) in [6, 6.07) is 10.5. The number of rotatable bonds is 7. The van der Waals surface area contributed by atoms with Crippen molar-refractivity contribution in [2.45, 2.75) is 19.9 Å². The summed E-state index contributed by atoms with van der Waals surface area (Å²) >= 11 is 5.92. The number of nitrogens with one attached hydrogen (secondary N) is 2. The smallest absolute Gasteiger partial charge is 0.233 e. The third-order valence-corrected chi connectivity index (χ3v) is 3.97. The van der Waals surface area contributed by atoms with E-state index in [1.807, 2.05) is 13.0 Å². The largest absolute Gasteiger partial charge is 0.493 e. The number of carbonyl (C=O) groups excluding carboxylic acids is 2. The van der Waals surface area contributed by atoms with Crippen LogP contribution in [0.2, 0.25) is 5.02 Å². The Morgan fingerprint density at radius 1 is 1.00 bits per heavy atom. The number of hydrogen-bond acceptors (Lipinski definition) is 4. The molecule has 0 atom stereocenters. The quantitative estimate of drug-likeness (QED) is 0.727. The van der Waals surface area contributed by atoms with Gasteiger partial charge in [-0.15, -0.1) is 0 Å². The molecule has 0 heterocycles. The van der Waals surface area contributed by atoms with Crippen molar-refractivity contribution >= 4 is 29.1 Å². The van der Waals surface area contributed by atoms with E-state index in [0.717, 1.165) is 11.1 Å². The number of methoxy groups -OCH3 is 2. The second kappa shape index (κ2) is 9.10. The van der Waals surface area contributed by atoms with Gasteiger partial charge in [-0.05, 0) is 42.3 Å². The van der Waals surface area contributed by atoms with E-state index in [9.17, 15) is 9.59 Å². The molecule has 7 heteroatoms. The number of anilines is 1. The minimum Gasteiger partial charge on any atom is -0.493 e. The maximum Gasteiger partial charge on any atom is 0.233 e. The van der Waals surface area contributed by atoms with Crippen molar-refractivity contribution in [1.29, 1.82) is 0 Å². The Bertz CT molecular complexity index is 808. The van der Waals surface area contributed by atoms with Crippen LogP contribution in [0.1, 0.15) is 17.5 Å². The highest BCUT2D eigenvalue weighted by atomic mass is 35.5. The van der Waals surface area contributed by atoms with Crippen LogP contribution in [0.4, 0.5) is 5.69 Å². The maximum atomic E-state index is 12.0. The van der Waals surface area contributed by atoms with Gasteiger partial charge in [0.05, 0.1) is 14.2 Å². The minimum atomic E-state index is -0.403. The van der Waals surface area contributed by atoms with Crippen LogP contribution in [0.15, 0.2) is 36.4 Å². The average molecular weight is 377 g/mol. The van der Waals surface area contributed by atoms with E-state index >= 15 is 0 Å². The number of amides is 2. The van der Waals surface area contributed by atoms with E-state index in [1.165, 1.54) is 0 Å². The normalized spacial score (nSPS) is 10.2. The van der Waals surface area contributed by atoms with Gasteiger partial charge < -0.3 is 20.1 Å². The minimum absolute atomic E-state index is 0.279. The van der Waals surface area contributed by atoms with E-state index in [-0.39, 0.29) is 18.9 Å². The molecule has 0 aromatic heterocycles.